The molecule has 0 aliphatic carbocycles. The van der Waals surface area contributed by atoms with Gasteiger partial charge < -0.3 is 14.8 Å². The second kappa shape index (κ2) is 5.60. The highest BCUT2D eigenvalue weighted by Gasteiger charge is 2.27. The van der Waals surface area contributed by atoms with Gasteiger partial charge in [-0.3, -0.25) is 9.59 Å². The highest BCUT2D eigenvalue weighted by molar-refractivity contribution is 6.10. The molecule has 0 saturated heterocycles. The van der Waals surface area contributed by atoms with Crippen LogP contribution in [-0.2, 0) is 4.79 Å². The van der Waals surface area contributed by atoms with E-state index in [1.165, 1.54) is 0 Å². The van der Waals surface area contributed by atoms with Crippen molar-refractivity contribution in [1.29, 1.82) is 0 Å². The van der Waals surface area contributed by atoms with Crippen molar-refractivity contribution in [3.05, 3.63) is 30.0 Å². The second-order valence-corrected chi connectivity index (χ2v) is 5.92. The molecule has 1 aromatic heterocycles. The third-order valence-electron chi connectivity index (χ3n) is 3.46. The molecule has 2 rings (SSSR count). The smallest absolute Gasteiger partial charge is 0.303 e. The Morgan fingerprint density at radius 3 is 2.62 bits per heavy atom. The van der Waals surface area contributed by atoms with Crippen LogP contribution in [0.5, 0.6) is 5.75 Å². The first kappa shape index (κ1) is 15.1. The Morgan fingerprint density at radius 1 is 1.29 bits per heavy atom. The quantitative estimate of drug-likeness (QED) is 0.800. The fourth-order valence-corrected chi connectivity index (χ4v) is 2.54. The van der Waals surface area contributed by atoms with Crippen LogP contribution < -0.4 is 4.74 Å². The van der Waals surface area contributed by atoms with Crippen LogP contribution in [-0.4, -0.2) is 29.0 Å². The SMILES string of the molecule is COc1cccc2[nH]cc(C(=O)CC(C)(C)CC(=O)O)c12. The van der Waals surface area contributed by atoms with Crippen LogP contribution in [0.1, 0.15) is 37.0 Å². The highest BCUT2D eigenvalue weighted by atomic mass is 16.5. The van der Waals surface area contributed by atoms with Gasteiger partial charge in [0.1, 0.15) is 5.75 Å². The number of carboxylic acid groups (broad SMARTS) is 1. The van der Waals surface area contributed by atoms with Crippen molar-refractivity contribution in [3.8, 4) is 5.75 Å². The van der Waals surface area contributed by atoms with Gasteiger partial charge in [-0.15, -0.1) is 0 Å². The number of aromatic nitrogens is 1. The molecule has 0 fully saturated rings. The molecule has 112 valence electrons. The zero-order valence-corrected chi connectivity index (χ0v) is 12.4. The Labute approximate surface area is 122 Å². The van der Waals surface area contributed by atoms with Crippen LogP contribution in [0.4, 0.5) is 0 Å². The number of carbonyl (C=O) groups is 2. The number of nitrogens with one attached hydrogen (secondary N) is 1. The summed E-state index contributed by atoms with van der Waals surface area (Å²) < 4.78 is 5.30. The summed E-state index contributed by atoms with van der Waals surface area (Å²) in [6.45, 7) is 3.57. The zero-order valence-electron chi connectivity index (χ0n) is 12.4. The number of H-pyrrole nitrogens is 1. The van der Waals surface area contributed by atoms with Gasteiger partial charge in [-0.1, -0.05) is 19.9 Å². The topological polar surface area (TPSA) is 79.4 Å². The van der Waals surface area contributed by atoms with E-state index < -0.39 is 11.4 Å². The van der Waals surface area contributed by atoms with E-state index in [4.69, 9.17) is 9.84 Å². The molecule has 0 aliphatic rings. The molecule has 0 saturated carbocycles. The first-order valence-corrected chi connectivity index (χ1v) is 6.73. The number of ether oxygens (including phenoxy) is 1. The lowest BCUT2D eigenvalue weighted by Gasteiger charge is -2.21. The largest absolute Gasteiger partial charge is 0.496 e. The van der Waals surface area contributed by atoms with Crippen molar-refractivity contribution in [2.45, 2.75) is 26.7 Å². The molecule has 2 N–H and O–H groups in total. The summed E-state index contributed by atoms with van der Waals surface area (Å²) in [4.78, 5) is 26.4. The van der Waals surface area contributed by atoms with E-state index in [2.05, 4.69) is 4.98 Å². The molecule has 0 spiro atoms. The molecule has 0 unspecified atom stereocenters. The highest BCUT2D eigenvalue weighted by Crippen LogP contribution is 2.32. The van der Waals surface area contributed by atoms with Crippen LogP contribution >= 0.6 is 0 Å². The number of hydrogen-bond acceptors (Lipinski definition) is 3. The van der Waals surface area contributed by atoms with Gasteiger partial charge in [-0.05, 0) is 17.5 Å². The van der Waals surface area contributed by atoms with E-state index >= 15 is 0 Å². The summed E-state index contributed by atoms with van der Waals surface area (Å²) in [5.74, 6) is -0.352. The molecule has 21 heavy (non-hydrogen) atoms. The molecule has 0 atom stereocenters. The van der Waals surface area contributed by atoms with E-state index in [-0.39, 0.29) is 18.6 Å². The number of fused-ring (bicyclic) bond motifs is 1. The van der Waals surface area contributed by atoms with Gasteiger partial charge in [0, 0.05) is 23.7 Å². The Kier molecular flexibility index (Phi) is 4.02. The van der Waals surface area contributed by atoms with Gasteiger partial charge in [0.2, 0.25) is 0 Å². The van der Waals surface area contributed by atoms with Crippen LogP contribution in [0, 0.1) is 5.41 Å². The fourth-order valence-electron chi connectivity index (χ4n) is 2.54. The summed E-state index contributed by atoms with van der Waals surface area (Å²) >= 11 is 0. The monoisotopic (exact) mass is 289 g/mol. The number of rotatable bonds is 6. The van der Waals surface area contributed by atoms with Crippen molar-refractivity contribution in [2.24, 2.45) is 5.41 Å². The minimum Gasteiger partial charge on any atom is -0.496 e. The Bertz CT molecular complexity index is 685. The first-order valence-electron chi connectivity index (χ1n) is 6.73. The lowest BCUT2D eigenvalue weighted by molar-refractivity contribution is -0.139. The minimum atomic E-state index is -0.899. The maximum Gasteiger partial charge on any atom is 0.303 e. The van der Waals surface area contributed by atoms with Gasteiger partial charge in [0.25, 0.3) is 0 Å². The molecule has 0 amide bonds. The van der Waals surface area contributed by atoms with Crippen molar-refractivity contribution in [1.82, 2.24) is 4.98 Å². The second-order valence-electron chi connectivity index (χ2n) is 5.92. The molecule has 1 aromatic carbocycles. The summed E-state index contributed by atoms with van der Waals surface area (Å²) in [7, 11) is 1.56. The van der Waals surface area contributed by atoms with E-state index in [1.807, 2.05) is 12.1 Å². The molecule has 0 aliphatic heterocycles. The summed E-state index contributed by atoms with van der Waals surface area (Å²) in [5.41, 5.74) is 0.781. The van der Waals surface area contributed by atoms with Crippen molar-refractivity contribution in [2.75, 3.05) is 7.11 Å². The van der Waals surface area contributed by atoms with Crippen LogP contribution in [0.15, 0.2) is 24.4 Å². The average Bonchev–Trinajstić information content (AvgIpc) is 2.80. The van der Waals surface area contributed by atoms with Gasteiger partial charge in [0.15, 0.2) is 5.78 Å². The Balaban J connectivity index is 2.34. The lowest BCUT2D eigenvalue weighted by Crippen LogP contribution is -2.21. The molecule has 2 aromatic rings. The molecule has 5 heteroatoms. The summed E-state index contributed by atoms with van der Waals surface area (Å²) in [6, 6.07) is 5.52. The third kappa shape index (κ3) is 3.24. The minimum absolute atomic E-state index is 0.0434. The number of aromatic amines is 1. The zero-order chi connectivity index (χ0) is 15.6. The summed E-state index contributed by atoms with van der Waals surface area (Å²) in [6.07, 6.45) is 1.79. The predicted molar refractivity (Wildman–Crippen MR) is 79.8 cm³/mol. The number of benzene rings is 1. The fraction of sp³-hybridized carbons (Fsp3) is 0.375. The van der Waals surface area contributed by atoms with Crippen molar-refractivity contribution >= 4 is 22.7 Å². The van der Waals surface area contributed by atoms with Crippen LogP contribution in [0.2, 0.25) is 0 Å². The third-order valence-corrected chi connectivity index (χ3v) is 3.46. The number of methoxy groups -OCH3 is 1. The van der Waals surface area contributed by atoms with Crippen LogP contribution in [0.25, 0.3) is 10.9 Å². The lowest BCUT2D eigenvalue weighted by atomic mass is 9.82. The number of carbonyl (C=O) groups excluding carboxylic acids is 1. The van der Waals surface area contributed by atoms with E-state index in [0.717, 1.165) is 10.9 Å². The number of ketones is 1. The number of Topliss-reactive ketones (excluding diaryl/α,β-unsaturated/α-hetero) is 1. The maximum atomic E-state index is 12.5. The maximum absolute atomic E-state index is 12.5. The van der Waals surface area contributed by atoms with E-state index in [0.29, 0.717) is 11.3 Å². The van der Waals surface area contributed by atoms with E-state index in [9.17, 15) is 9.59 Å². The van der Waals surface area contributed by atoms with Crippen molar-refractivity contribution in [3.63, 3.8) is 0 Å². The molecular formula is C16H19NO4. The number of aliphatic carboxylic acids is 1. The Morgan fingerprint density at radius 2 is 2.00 bits per heavy atom. The normalized spacial score (nSPS) is 11.6. The number of carboxylic acids is 1. The molecule has 1 heterocycles. The summed E-state index contributed by atoms with van der Waals surface area (Å²) in [5, 5.41) is 9.66. The first-order chi connectivity index (χ1) is 9.84. The van der Waals surface area contributed by atoms with E-state index in [1.54, 1.807) is 33.2 Å². The van der Waals surface area contributed by atoms with Gasteiger partial charge in [-0.2, -0.15) is 0 Å². The molecule has 5 nitrogen and oxygen atoms in total. The van der Waals surface area contributed by atoms with Gasteiger partial charge in [0.05, 0.1) is 18.9 Å². The predicted octanol–water partition coefficient (Wildman–Crippen LogP) is 3.25. The van der Waals surface area contributed by atoms with Crippen molar-refractivity contribution < 1.29 is 19.4 Å². The van der Waals surface area contributed by atoms with Crippen LogP contribution in [0.3, 0.4) is 0 Å². The molecule has 0 bridgehead atoms. The standard InChI is InChI=1S/C16H19NO4/c1-16(2,8-14(19)20)7-12(18)10-9-17-11-5-4-6-13(21-3)15(10)11/h4-6,9,17H,7-8H2,1-3H3,(H,19,20). The number of hydrogen-bond donors (Lipinski definition) is 2. The molecular weight excluding hydrogens is 270 g/mol. The van der Waals surface area contributed by atoms with Gasteiger partial charge in [-0.25, -0.2) is 0 Å². The Hall–Kier alpha value is -2.30. The van der Waals surface area contributed by atoms with Gasteiger partial charge >= 0.3 is 5.97 Å². The molecule has 0 radical (unpaired) electrons. The average molecular weight is 289 g/mol.